The quantitative estimate of drug-likeness (QED) is 0.828. The van der Waals surface area contributed by atoms with Gasteiger partial charge in [-0.1, -0.05) is 0 Å². The fraction of sp³-hybridized carbons (Fsp3) is 0.462. The van der Waals surface area contributed by atoms with Crippen LogP contribution in [-0.2, 0) is 4.79 Å². The van der Waals surface area contributed by atoms with Crippen LogP contribution in [0.4, 0.5) is 8.78 Å². The fourth-order valence-electron chi connectivity index (χ4n) is 1.33. The highest BCUT2D eigenvalue weighted by Crippen LogP contribution is 2.17. The van der Waals surface area contributed by atoms with Gasteiger partial charge in [-0.3, -0.25) is 4.79 Å². The highest BCUT2D eigenvalue weighted by atomic mass is 19.1. The Hall–Kier alpha value is -1.69. The number of amides is 1. The van der Waals surface area contributed by atoms with Crippen molar-refractivity contribution in [3.05, 3.63) is 29.8 Å². The zero-order valence-corrected chi connectivity index (χ0v) is 10.9. The Balaban J connectivity index is 2.40. The largest absolute Gasteiger partial charge is 0.490 e. The molecule has 19 heavy (non-hydrogen) atoms. The van der Waals surface area contributed by atoms with E-state index in [2.05, 4.69) is 5.32 Å². The number of ether oxygens (including phenoxy) is 1. The molecule has 0 saturated carbocycles. The number of hydrogen-bond acceptors (Lipinski definition) is 3. The first-order valence-corrected chi connectivity index (χ1v) is 5.84. The molecule has 6 heteroatoms. The van der Waals surface area contributed by atoms with Gasteiger partial charge in [0.1, 0.15) is 5.82 Å². The molecule has 0 heterocycles. The summed E-state index contributed by atoms with van der Waals surface area (Å²) in [7, 11) is 0. The zero-order chi connectivity index (χ0) is 14.5. The van der Waals surface area contributed by atoms with E-state index in [0.29, 0.717) is 6.07 Å². The van der Waals surface area contributed by atoms with Crippen LogP contribution in [0.15, 0.2) is 18.2 Å². The predicted octanol–water partition coefficient (Wildman–Crippen LogP) is 1.62. The molecule has 1 amide bonds. The molecule has 0 aromatic heterocycles. The van der Waals surface area contributed by atoms with Crippen LogP contribution in [0.1, 0.15) is 20.3 Å². The monoisotopic (exact) mass is 273 g/mol. The highest BCUT2D eigenvalue weighted by molar-refractivity contribution is 5.76. The molecule has 106 valence electrons. The molecule has 2 N–H and O–H groups in total. The van der Waals surface area contributed by atoms with Crippen molar-refractivity contribution in [3.63, 3.8) is 0 Å². The molecule has 0 aliphatic rings. The lowest BCUT2D eigenvalue weighted by Gasteiger charge is -2.23. The van der Waals surface area contributed by atoms with Gasteiger partial charge in [0.15, 0.2) is 11.6 Å². The van der Waals surface area contributed by atoms with Crippen molar-refractivity contribution in [3.8, 4) is 5.75 Å². The van der Waals surface area contributed by atoms with Crippen LogP contribution in [0.3, 0.4) is 0 Å². The second kappa shape index (κ2) is 6.47. The van der Waals surface area contributed by atoms with Gasteiger partial charge in [0.05, 0.1) is 25.2 Å². The van der Waals surface area contributed by atoms with Gasteiger partial charge in [-0.2, -0.15) is 0 Å². The van der Waals surface area contributed by atoms with Crippen molar-refractivity contribution in [2.24, 2.45) is 0 Å². The molecule has 0 fully saturated rings. The number of nitrogens with one attached hydrogen (secondary N) is 1. The molecule has 1 aromatic carbocycles. The molecule has 0 bridgehead atoms. The summed E-state index contributed by atoms with van der Waals surface area (Å²) in [6.45, 7) is 3.12. The third-order valence-electron chi connectivity index (χ3n) is 2.35. The first kappa shape index (κ1) is 15.4. The molecule has 0 unspecified atom stereocenters. The molecule has 0 atom stereocenters. The average molecular weight is 273 g/mol. The van der Waals surface area contributed by atoms with Crippen molar-refractivity contribution in [2.75, 3.05) is 13.2 Å². The van der Waals surface area contributed by atoms with Crippen LogP contribution in [0, 0.1) is 11.6 Å². The van der Waals surface area contributed by atoms with Gasteiger partial charge in [0.25, 0.3) is 0 Å². The number of carbonyl (C=O) groups is 1. The van der Waals surface area contributed by atoms with E-state index in [4.69, 9.17) is 9.84 Å². The number of hydrogen-bond donors (Lipinski definition) is 2. The maximum atomic E-state index is 13.2. The van der Waals surface area contributed by atoms with Crippen LogP contribution in [0.2, 0.25) is 0 Å². The number of aliphatic hydroxyl groups excluding tert-OH is 1. The molecule has 1 aromatic rings. The molecular weight excluding hydrogens is 256 g/mol. The minimum absolute atomic E-state index is 0.0141. The van der Waals surface area contributed by atoms with Crippen LogP contribution in [-0.4, -0.2) is 29.8 Å². The summed E-state index contributed by atoms with van der Waals surface area (Å²) in [5.41, 5.74) is -0.710. The maximum absolute atomic E-state index is 13.2. The van der Waals surface area contributed by atoms with Crippen LogP contribution < -0.4 is 10.1 Å². The van der Waals surface area contributed by atoms with Crippen molar-refractivity contribution in [1.82, 2.24) is 5.32 Å². The van der Waals surface area contributed by atoms with E-state index >= 15 is 0 Å². The smallest absolute Gasteiger partial charge is 0.223 e. The standard InChI is InChI=1S/C13H17F2NO3/c1-13(2,8-17)16-12(18)5-6-19-11-4-3-9(14)7-10(11)15/h3-4,7,17H,5-6,8H2,1-2H3,(H,16,18). The molecule has 0 radical (unpaired) electrons. The third-order valence-corrected chi connectivity index (χ3v) is 2.35. The Bertz CT molecular complexity index is 450. The first-order chi connectivity index (χ1) is 8.84. The van der Waals surface area contributed by atoms with Crippen LogP contribution in [0.5, 0.6) is 5.75 Å². The van der Waals surface area contributed by atoms with Crippen molar-refractivity contribution in [1.29, 1.82) is 0 Å². The minimum Gasteiger partial charge on any atom is -0.490 e. The average Bonchev–Trinajstić information content (AvgIpc) is 2.31. The van der Waals surface area contributed by atoms with Gasteiger partial charge >= 0.3 is 0 Å². The van der Waals surface area contributed by atoms with E-state index in [1.807, 2.05) is 0 Å². The molecular formula is C13H17F2NO3. The summed E-state index contributed by atoms with van der Waals surface area (Å²) >= 11 is 0. The van der Waals surface area contributed by atoms with Gasteiger partial charge in [-0.15, -0.1) is 0 Å². The zero-order valence-electron chi connectivity index (χ0n) is 10.9. The van der Waals surface area contributed by atoms with Crippen molar-refractivity contribution < 1.29 is 23.4 Å². The van der Waals surface area contributed by atoms with Gasteiger partial charge in [-0.05, 0) is 26.0 Å². The fourth-order valence-corrected chi connectivity index (χ4v) is 1.33. The lowest BCUT2D eigenvalue weighted by Crippen LogP contribution is -2.46. The number of halogens is 2. The van der Waals surface area contributed by atoms with Gasteiger partial charge in [0.2, 0.25) is 5.91 Å². The lowest BCUT2D eigenvalue weighted by molar-refractivity contribution is -0.123. The summed E-state index contributed by atoms with van der Waals surface area (Å²) in [6, 6.07) is 2.96. The first-order valence-electron chi connectivity index (χ1n) is 5.84. The molecule has 0 saturated heterocycles. The lowest BCUT2D eigenvalue weighted by atomic mass is 10.1. The third kappa shape index (κ3) is 5.21. The van der Waals surface area contributed by atoms with Crippen molar-refractivity contribution >= 4 is 5.91 Å². The van der Waals surface area contributed by atoms with E-state index in [0.717, 1.165) is 6.07 Å². The normalized spacial score (nSPS) is 11.2. The number of carbonyl (C=O) groups excluding carboxylic acids is 1. The van der Waals surface area contributed by atoms with E-state index in [-0.39, 0.29) is 31.3 Å². The molecule has 0 aliphatic heterocycles. The van der Waals surface area contributed by atoms with Gasteiger partial charge in [0, 0.05) is 6.07 Å². The number of aliphatic hydroxyl groups is 1. The summed E-state index contributed by atoms with van der Waals surface area (Å²) < 4.78 is 30.9. The van der Waals surface area contributed by atoms with Gasteiger partial charge < -0.3 is 15.2 Å². The van der Waals surface area contributed by atoms with E-state index in [1.54, 1.807) is 13.8 Å². The topological polar surface area (TPSA) is 58.6 Å². The van der Waals surface area contributed by atoms with E-state index < -0.39 is 17.2 Å². The maximum Gasteiger partial charge on any atom is 0.223 e. The Kier molecular flexibility index (Phi) is 5.23. The number of benzene rings is 1. The highest BCUT2D eigenvalue weighted by Gasteiger charge is 2.18. The minimum atomic E-state index is -0.809. The Morgan fingerprint density at radius 3 is 2.68 bits per heavy atom. The predicted molar refractivity (Wildman–Crippen MR) is 65.8 cm³/mol. The Labute approximate surface area is 110 Å². The number of rotatable bonds is 6. The van der Waals surface area contributed by atoms with Crippen molar-refractivity contribution in [2.45, 2.75) is 25.8 Å². The second-order valence-corrected chi connectivity index (χ2v) is 4.76. The molecule has 1 rings (SSSR count). The summed E-state index contributed by atoms with van der Waals surface area (Å²) in [4.78, 5) is 11.5. The SMILES string of the molecule is CC(C)(CO)NC(=O)CCOc1ccc(F)cc1F. The molecule has 4 nitrogen and oxygen atoms in total. The second-order valence-electron chi connectivity index (χ2n) is 4.76. The summed E-state index contributed by atoms with van der Waals surface area (Å²) in [6.07, 6.45) is 0.0141. The summed E-state index contributed by atoms with van der Waals surface area (Å²) in [5, 5.41) is 11.6. The summed E-state index contributed by atoms with van der Waals surface area (Å²) in [5.74, 6) is -1.92. The van der Waals surface area contributed by atoms with E-state index in [1.165, 1.54) is 6.07 Å². The molecule has 0 aliphatic carbocycles. The Morgan fingerprint density at radius 2 is 2.11 bits per heavy atom. The van der Waals surface area contributed by atoms with Gasteiger partial charge in [-0.25, -0.2) is 8.78 Å². The molecule has 0 spiro atoms. The van der Waals surface area contributed by atoms with E-state index in [9.17, 15) is 13.6 Å². The van der Waals surface area contributed by atoms with Crippen LogP contribution in [0.25, 0.3) is 0 Å². The van der Waals surface area contributed by atoms with Crippen LogP contribution >= 0.6 is 0 Å². The Morgan fingerprint density at radius 1 is 1.42 bits per heavy atom.